The maximum absolute atomic E-state index is 12.1. The number of thioether (sulfide) groups is 1. The number of hydrogen-bond acceptors (Lipinski definition) is 3. The Labute approximate surface area is 98.0 Å². The van der Waals surface area contributed by atoms with Gasteiger partial charge in [0.1, 0.15) is 0 Å². The predicted molar refractivity (Wildman–Crippen MR) is 61.7 cm³/mol. The molecule has 0 unspecified atom stereocenters. The van der Waals surface area contributed by atoms with Gasteiger partial charge in [0.25, 0.3) is 0 Å². The van der Waals surface area contributed by atoms with E-state index in [9.17, 15) is 12.3 Å². The summed E-state index contributed by atoms with van der Waals surface area (Å²) in [6.07, 6.45) is 0.312. The van der Waals surface area contributed by atoms with E-state index in [1.165, 1.54) is 11.8 Å². The fourth-order valence-corrected chi connectivity index (χ4v) is 2.60. The van der Waals surface area contributed by atoms with Crippen molar-refractivity contribution in [2.45, 2.75) is 11.3 Å². The van der Waals surface area contributed by atoms with Gasteiger partial charge >= 0.3 is 10.2 Å². The van der Waals surface area contributed by atoms with Gasteiger partial charge in [-0.2, -0.15) is 8.42 Å². The second kappa shape index (κ2) is 5.72. The molecule has 0 spiro atoms. The molecular formula is C9H10ClFO2S2. The molecule has 0 aliphatic heterocycles. The van der Waals surface area contributed by atoms with Crippen LogP contribution in [0.5, 0.6) is 0 Å². The molecule has 0 saturated heterocycles. The largest absolute Gasteiger partial charge is 0.302 e. The van der Waals surface area contributed by atoms with Crippen molar-refractivity contribution in [1.82, 2.24) is 0 Å². The maximum Gasteiger partial charge on any atom is 0.302 e. The van der Waals surface area contributed by atoms with E-state index in [-0.39, 0.29) is 0 Å². The van der Waals surface area contributed by atoms with Crippen LogP contribution in [0.3, 0.4) is 0 Å². The Morgan fingerprint density at radius 2 is 1.87 bits per heavy atom. The smallest absolute Gasteiger partial charge is 0.195 e. The molecule has 0 aromatic heterocycles. The number of rotatable bonds is 5. The molecule has 6 heteroatoms. The Balaban J connectivity index is 2.29. The quantitative estimate of drug-likeness (QED) is 0.467. The Morgan fingerprint density at radius 3 is 2.40 bits per heavy atom. The highest BCUT2D eigenvalue weighted by Gasteiger charge is 2.05. The van der Waals surface area contributed by atoms with Crippen molar-refractivity contribution in [3.8, 4) is 0 Å². The second-order valence-corrected chi connectivity index (χ2v) is 5.99. The number of benzene rings is 1. The van der Waals surface area contributed by atoms with Crippen molar-refractivity contribution in [2.24, 2.45) is 0 Å². The predicted octanol–water partition coefficient (Wildman–Crippen LogP) is 3.12. The van der Waals surface area contributed by atoms with E-state index >= 15 is 0 Å². The molecule has 0 bridgehead atoms. The average Bonchev–Trinajstić information content (AvgIpc) is 2.14. The van der Waals surface area contributed by atoms with E-state index in [0.717, 1.165) is 4.90 Å². The zero-order valence-electron chi connectivity index (χ0n) is 7.82. The first-order valence-corrected chi connectivity index (χ1v) is 7.20. The molecule has 1 rings (SSSR count). The van der Waals surface area contributed by atoms with Crippen LogP contribution in [0.25, 0.3) is 0 Å². The minimum atomic E-state index is -4.32. The SMILES string of the molecule is O=S(=O)(F)CCCSc1ccc(Cl)cc1. The standard InChI is InChI=1S/C9H10ClFO2S2/c10-8-2-4-9(5-3-8)14-6-1-7-15(11,12)13/h2-5H,1,6-7H2. The fourth-order valence-electron chi connectivity index (χ4n) is 0.952. The molecule has 0 radical (unpaired) electrons. The summed E-state index contributed by atoms with van der Waals surface area (Å²) in [4.78, 5) is 0.996. The van der Waals surface area contributed by atoms with E-state index in [1.54, 1.807) is 12.1 Å². The first kappa shape index (κ1) is 12.8. The number of halogens is 2. The summed E-state index contributed by atoms with van der Waals surface area (Å²) in [5, 5.41) is 0.658. The van der Waals surface area contributed by atoms with Crippen molar-refractivity contribution in [2.75, 3.05) is 11.5 Å². The van der Waals surface area contributed by atoms with Gasteiger partial charge in [-0.25, -0.2) is 0 Å². The van der Waals surface area contributed by atoms with E-state index in [0.29, 0.717) is 17.2 Å². The van der Waals surface area contributed by atoms with Gasteiger partial charge in [-0.15, -0.1) is 15.6 Å². The van der Waals surface area contributed by atoms with Gasteiger partial charge in [0.05, 0.1) is 5.75 Å². The third-order valence-electron chi connectivity index (χ3n) is 1.61. The van der Waals surface area contributed by atoms with Crippen LogP contribution in [-0.4, -0.2) is 19.9 Å². The molecule has 84 valence electrons. The minimum absolute atomic E-state index is 0.312. The van der Waals surface area contributed by atoms with Crippen LogP contribution in [0.15, 0.2) is 29.2 Å². The molecule has 0 fully saturated rings. The second-order valence-electron chi connectivity index (χ2n) is 2.90. The summed E-state index contributed by atoms with van der Waals surface area (Å²) in [6, 6.07) is 7.21. The summed E-state index contributed by atoms with van der Waals surface area (Å²) in [6.45, 7) is 0. The van der Waals surface area contributed by atoms with Crippen LogP contribution in [0.1, 0.15) is 6.42 Å². The molecule has 0 amide bonds. The molecule has 0 aliphatic rings. The highest BCUT2D eigenvalue weighted by atomic mass is 35.5. The van der Waals surface area contributed by atoms with Crippen LogP contribution in [0, 0.1) is 0 Å². The van der Waals surface area contributed by atoms with Gasteiger partial charge in [-0.1, -0.05) is 11.6 Å². The van der Waals surface area contributed by atoms with Crippen LogP contribution < -0.4 is 0 Å². The fraction of sp³-hybridized carbons (Fsp3) is 0.333. The highest BCUT2D eigenvalue weighted by molar-refractivity contribution is 7.99. The van der Waals surface area contributed by atoms with Crippen molar-refractivity contribution in [1.29, 1.82) is 0 Å². The van der Waals surface area contributed by atoms with E-state index in [2.05, 4.69) is 0 Å². The summed E-state index contributed by atoms with van der Waals surface area (Å²) in [5.41, 5.74) is 0. The molecule has 0 heterocycles. The molecule has 15 heavy (non-hydrogen) atoms. The molecule has 0 saturated carbocycles. The molecule has 1 aromatic carbocycles. The first-order chi connectivity index (χ1) is 6.97. The van der Waals surface area contributed by atoms with E-state index in [1.807, 2.05) is 12.1 Å². The topological polar surface area (TPSA) is 34.1 Å². The monoisotopic (exact) mass is 268 g/mol. The molecule has 0 aliphatic carbocycles. The van der Waals surface area contributed by atoms with Gasteiger partial charge in [0.2, 0.25) is 0 Å². The van der Waals surface area contributed by atoms with Gasteiger partial charge in [0, 0.05) is 9.92 Å². The van der Waals surface area contributed by atoms with Crippen LogP contribution in [0.4, 0.5) is 3.89 Å². The average molecular weight is 269 g/mol. The Morgan fingerprint density at radius 1 is 1.27 bits per heavy atom. The summed E-state index contributed by atoms with van der Waals surface area (Å²) < 4.78 is 32.5. The number of hydrogen-bond donors (Lipinski definition) is 0. The van der Waals surface area contributed by atoms with Gasteiger partial charge < -0.3 is 0 Å². The zero-order chi connectivity index (χ0) is 11.3. The Kier molecular flexibility index (Phi) is 4.89. The van der Waals surface area contributed by atoms with Crippen LogP contribution in [0.2, 0.25) is 5.02 Å². The van der Waals surface area contributed by atoms with Crippen LogP contribution >= 0.6 is 23.4 Å². The lowest BCUT2D eigenvalue weighted by Gasteiger charge is -2.00. The molecule has 0 atom stereocenters. The molecule has 1 aromatic rings. The summed E-state index contributed by atoms with van der Waals surface area (Å²) in [5.74, 6) is 0.165. The third kappa shape index (κ3) is 6.02. The molecule has 2 nitrogen and oxygen atoms in total. The van der Waals surface area contributed by atoms with Crippen molar-refractivity contribution in [3.05, 3.63) is 29.3 Å². The Bertz CT molecular complexity index is 403. The first-order valence-electron chi connectivity index (χ1n) is 4.28. The van der Waals surface area contributed by atoms with E-state index in [4.69, 9.17) is 11.6 Å². The maximum atomic E-state index is 12.1. The third-order valence-corrected chi connectivity index (χ3v) is 3.74. The van der Waals surface area contributed by atoms with Gasteiger partial charge in [-0.05, 0) is 36.4 Å². The Hall–Kier alpha value is -0.260. The van der Waals surface area contributed by atoms with Gasteiger partial charge in [-0.3, -0.25) is 0 Å². The summed E-state index contributed by atoms with van der Waals surface area (Å²) >= 11 is 7.17. The lowest BCUT2D eigenvalue weighted by atomic mass is 10.4. The van der Waals surface area contributed by atoms with E-state index < -0.39 is 16.0 Å². The lowest BCUT2D eigenvalue weighted by Crippen LogP contribution is -1.99. The molecular weight excluding hydrogens is 259 g/mol. The summed E-state index contributed by atoms with van der Waals surface area (Å²) in [7, 11) is -4.32. The zero-order valence-corrected chi connectivity index (χ0v) is 10.2. The minimum Gasteiger partial charge on any atom is -0.195 e. The molecule has 0 N–H and O–H groups in total. The van der Waals surface area contributed by atoms with Crippen molar-refractivity contribution in [3.63, 3.8) is 0 Å². The lowest BCUT2D eigenvalue weighted by molar-refractivity contribution is 0.551. The van der Waals surface area contributed by atoms with Gasteiger partial charge in [0.15, 0.2) is 0 Å². The van der Waals surface area contributed by atoms with Crippen LogP contribution in [-0.2, 0) is 10.2 Å². The van der Waals surface area contributed by atoms with Crippen molar-refractivity contribution >= 4 is 33.6 Å². The highest BCUT2D eigenvalue weighted by Crippen LogP contribution is 2.21. The normalized spacial score (nSPS) is 11.6. The van der Waals surface area contributed by atoms with Crippen molar-refractivity contribution < 1.29 is 12.3 Å².